The Labute approximate surface area is 207 Å². The number of ether oxygens (including phenoxy) is 1. The predicted octanol–water partition coefficient (Wildman–Crippen LogP) is 1.77. The molecule has 2 saturated heterocycles. The van der Waals surface area contributed by atoms with Crippen molar-refractivity contribution in [3.8, 4) is 5.75 Å². The lowest BCUT2D eigenvalue weighted by molar-refractivity contribution is -0.143. The summed E-state index contributed by atoms with van der Waals surface area (Å²) in [5, 5.41) is 0. The maximum atomic E-state index is 13.6. The van der Waals surface area contributed by atoms with Gasteiger partial charge in [0, 0.05) is 45.7 Å². The maximum Gasteiger partial charge on any atom is 0.244 e. The summed E-state index contributed by atoms with van der Waals surface area (Å²) < 4.78 is 29.0. The van der Waals surface area contributed by atoms with Gasteiger partial charge in [0.25, 0.3) is 0 Å². The third-order valence-corrected chi connectivity index (χ3v) is 8.43. The van der Waals surface area contributed by atoms with Crippen LogP contribution >= 0.6 is 0 Å². The molecule has 2 aliphatic heterocycles. The fourth-order valence-corrected chi connectivity index (χ4v) is 5.91. The van der Waals surface area contributed by atoms with Gasteiger partial charge >= 0.3 is 0 Å². The second-order valence-electron chi connectivity index (χ2n) is 9.06. The minimum Gasteiger partial charge on any atom is -0.497 e. The molecule has 188 valence electrons. The average molecular weight is 500 g/mol. The van der Waals surface area contributed by atoms with E-state index in [2.05, 4.69) is 0 Å². The molecule has 2 aromatic carbocycles. The van der Waals surface area contributed by atoms with Crippen LogP contribution in [0, 0.1) is 0 Å². The van der Waals surface area contributed by atoms with Crippen molar-refractivity contribution in [2.24, 2.45) is 0 Å². The van der Waals surface area contributed by atoms with E-state index in [1.165, 1.54) is 0 Å². The Bertz CT molecular complexity index is 1100. The average Bonchev–Trinajstić information content (AvgIpc) is 2.89. The lowest BCUT2D eigenvalue weighted by atomic mass is 10.0. The molecule has 0 bridgehead atoms. The van der Waals surface area contributed by atoms with E-state index in [1.54, 1.807) is 7.11 Å². The summed E-state index contributed by atoms with van der Waals surface area (Å²) in [6.45, 7) is 2.65. The van der Waals surface area contributed by atoms with Gasteiger partial charge < -0.3 is 14.5 Å². The van der Waals surface area contributed by atoms with Crippen LogP contribution in [0.5, 0.6) is 5.75 Å². The van der Waals surface area contributed by atoms with Crippen molar-refractivity contribution < 1.29 is 22.7 Å². The number of carbonyl (C=O) groups is 2. The topological polar surface area (TPSA) is 87.2 Å². The first-order valence-corrected chi connectivity index (χ1v) is 13.9. The third kappa shape index (κ3) is 6.41. The first-order chi connectivity index (χ1) is 16.9. The first kappa shape index (κ1) is 25.2. The number of hydrogen-bond donors (Lipinski definition) is 0. The van der Waals surface area contributed by atoms with Gasteiger partial charge in [-0.1, -0.05) is 42.5 Å². The van der Waals surface area contributed by atoms with Crippen LogP contribution in [0.4, 0.5) is 0 Å². The van der Waals surface area contributed by atoms with Crippen LogP contribution in [0.3, 0.4) is 0 Å². The quantitative estimate of drug-likeness (QED) is 0.577. The number of piperazine rings is 1. The Morgan fingerprint density at radius 3 is 2.06 bits per heavy atom. The van der Waals surface area contributed by atoms with E-state index >= 15 is 0 Å². The zero-order valence-corrected chi connectivity index (χ0v) is 21.0. The highest BCUT2D eigenvalue weighted by molar-refractivity contribution is 7.91. The van der Waals surface area contributed by atoms with Crippen LogP contribution in [-0.4, -0.2) is 92.8 Å². The Morgan fingerprint density at radius 1 is 0.857 bits per heavy atom. The van der Waals surface area contributed by atoms with Gasteiger partial charge in [0.05, 0.1) is 18.6 Å². The third-order valence-electron chi connectivity index (χ3n) is 6.82. The van der Waals surface area contributed by atoms with Gasteiger partial charge in [-0.2, -0.15) is 0 Å². The number of benzene rings is 2. The number of rotatable bonds is 7. The van der Waals surface area contributed by atoms with E-state index in [1.807, 2.05) is 69.3 Å². The molecular formula is C26H33N3O5S. The molecule has 0 radical (unpaired) electrons. The van der Waals surface area contributed by atoms with Crippen LogP contribution in [0.2, 0.25) is 0 Å². The van der Waals surface area contributed by atoms with Crippen LogP contribution in [0.25, 0.3) is 0 Å². The molecular weight excluding hydrogens is 466 g/mol. The van der Waals surface area contributed by atoms with Gasteiger partial charge in [-0.15, -0.1) is 0 Å². The summed E-state index contributed by atoms with van der Waals surface area (Å²) in [7, 11) is -1.42. The molecule has 0 spiro atoms. The van der Waals surface area contributed by atoms with E-state index < -0.39 is 15.9 Å². The van der Waals surface area contributed by atoms with Crippen molar-refractivity contribution in [1.29, 1.82) is 0 Å². The summed E-state index contributed by atoms with van der Waals surface area (Å²) in [6, 6.07) is 16.8. The summed E-state index contributed by atoms with van der Waals surface area (Å²) in [5.41, 5.74) is 1.96. The van der Waals surface area contributed by atoms with Crippen molar-refractivity contribution >= 4 is 21.7 Å². The van der Waals surface area contributed by atoms with Gasteiger partial charge in [-0.25, -0.2) is 8.42 Å². The number of amides is 2. The highest BCUT2D eigenvalue weighted by Gasteiger charge is 2.36. The maximum absolute atomic E-state index is 13.6. The molecule has 4 rings (SSSR count). The highest BCUT2D eigenvalue weighted by atomic mass is 32.2. The van der Waals surface area contributed by atoms with Crippen molar-refractivity contribution in [2.45, 2.75) is 18.9 Å². The highest BCUT2D eigenvalue weighted by Crippen LogP contribution is 2.26. The molecule has 2 heterocycles. The molecule has 0 aromatic heterocycles. The molecule has 0 N–H and O–H groups in total. The second kappa shape index (κ2) is 11.2. The zero-order valence-electron chi connectivity index (χ0n) is 20.1. The fourth-order valence-electron chi connectivity index (χ4n) is 4.68. The van der Waals surface area contributed by atoms with E-state index in [0.717, 1.165) is 16.9 Å². The molecule has 2 amide bonds. The number of hydrogen-bond acceptors (Lipinski definition) is 6. The van der Waals surface area contributed by atoms with E-state index in [-0.39, 0.29) is 23.3 Å². The smallest absolute Gasteiger partial charge is 0.244 e. The monoisotopic (exact) mass is 499 g/mol. The van der Waals surface area contributed by atoms with Gasteiger partial charge in [0.2, 0.25) is 11.8 Å². The van der Waals surface area contributed by atoms with Gasteiger partial charge in [0.15, 0.2) is 9.84 Å². The van der Waals surface area contributed by atoms with Crippen molar-refractivity contribution in [3.63, 3.8) is 0 Å². The molecule has 2 aromatic rings. The molecule has 35 heavy (non-hydrogen) atoms. The molecule has 1 atom stereocenters. The first-order valence-electron chi connectivity index (χ1n) is 12.1. The summed E-state index contributed by atoms with van der Waals surface area (Å²) in [5.74, 6) is 0.996. The minimum atomic E-state index is -3.04. The van der Waals surface area contributed by atoms with Gasteiger partial charge in [-0.3, -0.25) is 14.5 Å². The van der Waals surface area contributed by atoms with Gasteiger partial charge in [0.1, 0.15) is 11.8 Å². The Balaban J connectivity index is 1.34. The van der Waals surface area contributed by atoms with Gasteiger partial charge in [-0.05, 0) is 29.7 Å². The largest absolute Gasteiger partial charge is 0.497 e. The normalized spacial score (nSPS) is 19.2. The molecule has 2 aliphatic rings. The van der Waals surface area contributed by atoms with Crippen molar-refractivity contribution in [3.05, 3.63) is 65.7 Å². The van der Waals surface area contributed by atoms with Crippen LogP contribution in [0.1, 0.15) is 23.6 Å². The Hall–Kier alpha value is -2.91. The van der Waals surface area contributed by atoms with Crippen LogP contribution < -0.4 is 4.74 Å². The fraction of sp³-hybridized carbons (Fsp3) is 0.462. The molecule has 9 heteroatoms. The SMILES string of the molecule is COc1ccc(CCC(=O)N2CCN(C(=O)C(c3ccccc3)N3CCS(=O)(=O)CC3)CC2)cc1. The summed E-state index contributed by atoms with van der Waals surface area (Å²) in [6.07, 6.45) is 1.09. The molecule has 0 saturated carbocycles. The molecule has 8 nitrogen and oxygen atoms in total. The van der Waals surface area contributed by atoms with Crippen molar-refractivity contribution in [2.75, 3.05) is 57.9 Å². The van der Waals surface area contributed by atoms with E-state index in [9.17, 15) is 18.0 Å². The molecule has 2 fully saturated rings. The van der Waals surface area contributed by atoms with Crippen molar-refractivity contribution in [1.82, 2.24) is 14.7 Å². The number of nitrogens with zero attached hydrogens (tertiary/aromatic N) is 3. The second-order valence-corrected chi connectivity index (χ2v) is 11.4. The van der Waals surface area contributed by atoms with E-state index in [4.69, 9.17) is 4.74 Å². The predicted molar refractivity (Wildman–Crippen MR) is 134 cm³/mol. The minimum absolute atomic E-state index is 0.0270. The number of methoxy groups -OCH3 is 1. The molecule has 1 unspecified atom stereocenters. The van der Waals surface area contributed by atoms with E-state index in [0.29, 0.717) is 52.1 Å². The lowest BCUT2D eigenvalue weighted by Gasteiger charge is -2.40. The summed E-state index contributed by atoms with van der Waals surface area (Å²) in [4.78, 5) is 32.0. The Kier molecular flexibility index (Phi) is 8.07. The lowest BCUT2D eigenvalue weighted by Crippen LogP contribution is -2.54. The van der Waals surface area contributed by atoms with Crippen LogP contribution in [-0.2, 0) is 25.8 Å². The number of aryl methyl sites for hydroxylation is 1. The van der Waals surface area contributed by atoms with Crippen LogP contribution in [0.15, 0.2) is 54.6 Å². The standard InChI is InChI=1S/C26H33N3O5S/c1-34-23-10-7-21(8-11-23)9-12-24(30)27-13-15-29(16-14-27)26(31)25(22-5-3-2-4-6-22)28-17-19-35(32,33)20-18-28/h2-8,10-11,25H,9,12-20H2,1H3. The molecule has 0 aliphatic carbocycles. The number of sulfone groups is 1. The number of carbonyl (C=O) groups excluding carboxylic acids is 2. The zero-order chi connectivity index (χ0) is 24.8. The summed E-state index contributed by atoms with van der Waals surface area (Å²) >= 11 is 0. The Morgan fingerprint density at radius 2 is 1.46 bits per heavy atom.